The molecule has 0 unspecified atom stereocenters. The van der Waals surface area contributed by atoms with Crippen molar-refractivity contribution in [1.82, 2.24) is 0 Å². The Morgan fingerprint density at radius 3 is 2.00 bits per heavy atom. The Labute approximate surface area is 162 Å². The third kappa shape index (κ3) is 2.83. The number of sulfonamides is 1. The lowest BCUT2D eigenvalue weighted by molar-refractivity contribution is -0.384. The molecule has 28 heavy (non-hydrogen) atoms. The van der Waals surface area contributed by atoms with Crippen LogP contribution in [0, 0.1) is 10.1 Å². The van der Waals surface area contributed by atoms with Gasteiger partial charge >= 0.3 is 0 Å². The molecule has 0 saturated carbocycles. The molecule has 1 aliphatic carbocycles. The van der Waals surface area contributed by atoms with Gasteiger partial charge in [0.2, 0.25) is 10.0 Å². The SMILES string of the molecule is CN(c1ccc(S(N)(=O)=O)cc1[N+](=O)[O-])C1c2ccccc2-c2ccccc21. The first-order valence-electron chi connectivity index (χ1n) is 8.51. The number of fused-ring (bicyclic) bond motifs is 3. The number of hydrogen-bond donors (Lipinski definition) is 1. The predicted molar refractivity (Wildman–Crippen MR) is 107 cm³/mol. The maximum atomic E-state index is 11.7. The van der Waals surface area contributed by atoms with Crippen molar-refractivity contribution in [3.05, 3.63) is 88.0 Å². The van der Waals surface area contributed by atoms with Crippen molar-refractivity contribution in [2.75, 3.05) is 11.9 Å². The normalized spacial score (nSPS) is 13.1. The Kier molecular flexibility index (Phi) is 4.17. The van der Waals surface area contributed by atoms with Gasteiger partial charge in [-0.05, 0) is 34.4 Å². The molecule has 0 saturated heterocycles. The lowest BCUT2D eigenvalue weighted by atomic mass is 10.0. The lowest BCUT2D eigenvalue weighted by Gasteiger charge is -2.28. The molecule has 0 radical (unpaired) electrons. The van der Waals surface area contributed by atoms with Crippen LogP contribution in [-0.4, -0.2) is 20.4 Å². The number of rotatable bonds is 4. The molecule has 7 nitrogen and oxygen atoms in total. The smallest absolute Gasteiger partial charge is 0.293 e. The van der Waals surface area contributed by atoms with Crippen LogP contribution in [0.3, 0.4) is 0 Å². The molecule has 142 valence electrons. The van der Waals surface area contributed by atoms with E-state index in [1.165, 1.54) is 12.1 Å². The molecule has 0 fully saturated rings. The number of nitrogens with zero attached hydrogens (tertiary/aromatic N) is 2. The average Bonchev–Trinajstić information content (AvgIpc) is 3.01. The summed E-state index contributed by atoms with van der Waals surface area (Å²) in [6, 6.07) is 19.3. The van der Waals surface area contributed by atoms with Gasteiger partial charge < -0.3 is 4.90 Å². The largest absolute Gasteiger partial charge is 0.358 e. The summed E-state index contributed by atoms with van der Waals surface area (Å²) in [6.45, 7) is 0. The number of nitrogens with two attached hydrogens (primary N) is 1. The zero-order chi connectivity index (χ0) is 20.1. The first-order valence-corrected chi connectivity index (χ1v) is 10.1. The van der Waals surface area contributed by atoms with Crippen LogP contribution in [0.4, 0.5) is 11.4 Å². The number of nitro groups is 1. The highest BCUT2D eigenvalue weighted by Crippen LogP contribution is 2.48. The molecule has 8 heteroatoms. The Bertz CT molecular complexity index is 1160. The molecular weight excluding hydrogens is 378 g/mol. The van der Waals surface area contributed by atoms with Crippen LogP contribution >= 0.6 is 0 Å². The zero-order valence-corrected chi connectivity index (χ0v) is 15.8. The molecule has 1 aliphatic rings. The van der Waals surface area contributed by atoms with Gasteiger partial charge in [0.15, 0.2) is 0 Å². The van der Waals surface area contributed by atoms with Gasteiger partial charge in [-0.15, -0.1) is 0 Å². The standard InChI is InChI=1S/C20H17N3O4S/c1-22(18-11-10-13(28(21,26)27)12-19(18)23(24)25)20-16-8-4-2-6-14(16)15-7-3-5-9-17(15)20/h2-12,20H,1H3,(H2,21,26,27). The third-order valence-corrected chi connectivity index (χ3v) is 5.95. The van der Waals surface area contributed by atoms with Crippen LogP contribution in [0.1, 0.15) is 17.2 Å². The maximum absolute atomic E-state index is 11.7. The summed E-state index contributed by atoms with van der Waals surface area (Å²) in [4.78, 5) is 12.6. The van der Waals surface area contributed by atoms with E-state index in [-0.39, 0.29) is 16.6 Å². The fourth-order valence-corrected chi connectivity index (χ4v) is 4.34. The van der Waals surface area contributed by atoms with E-state index in [1.54, 1.807) is 11.9 Å². The minimum absolute atomic E-state index is 0.230. The van der Waals surface area contributed by atoms with E-state index < -0.39 is 14.9 Å². The number of hydrogen-bond acceptors (Lipinski definition) is 5. The molecule has 2 N–H and O–H groups in total. The van der Waals surface area contributed by atoms with Gasteiger partial charge in [0.25, 0.3) is 5.69 Å². The van der Waals surface area contributed by atoms with Crippen molar-refractivity contribution in [2.45, 2.75) is 10.9 Å². The van der Waals surface area contributed by atoms with Gasteiger partial charge in [0.1, 0.15) is 5.69 Å². The number of anilines is 1. The topological polar surface area (TPSA) is 107 Å². The number of nitro benzene ring substituents is 1. The molecule has 0 aromatic heterocycles. The molecule has 0 heterocycles. The lowest BCUT2D eigenvalue weighted by Crippen LogP contribution is -2.24. The quantitative estimate of drug-likeness (QED) is 0.538. The van der Waals surface area contributed by atoms with E-state index in [1.807, 2.05) is 48.5 Å². The first kappa shape index (κ1) is 18.1. The van der Waals surface area contributed by atoms with Crippen molar-refractivity contribution in [3.8, 4) is 11.1 Å². The Balaban J connectivity index is 1.89. The minimum Gasteiger partial charge on any atom is -0.358 e. The number of benzene rings is 3. The summed E-state index contributed by atoms with van der Waals surface area (Å²) in [5, 5.41) is 16.8. The minimum atomic E-state index is -4.04. The first-order chi connectivity index (χ1) is 13.3. The van der Waals surface area contributed by atoms with Gasteiger partial charge in [-0.1, -0.05) is 48.5 Å². The van der Waals surface area contributed by atoms with Crippen molar-refractivity contribution in [1.29, 1.82) is 0 Å². The molecule has 0 atom stereocenters. The van der Waals surface area contributed by atoms with Gasteiger partial charge in [-0.3, -0.25) is 10.1 Å². The fourth-order valence-electron chi connectivity index (χ4n) is 3.81. The Hall–Kier alpha value is -3.23. The predicted octanol–water partition coefficient (Wildman–Crippen LogP) is 3.45. The van der Waals surface area contributed by atoms with Crippen LogP contribution in [0.15, 0.2) is 71.6 Å². The van der Waals surface area contributed by atoms with E-state index in [0.29, 0.717) is 5.69 Å². The second-order valence-electron chi connectivity index (χ2n) is 6.64. The summed E-state index contributed by atoms with van der Waals surface area (Å²) < 4.78 is 23.2. The zero-order valence-electron chi connectivity index (χ0n) is 14.9. The molecule has 3 aromatic carbocycles. The third-order valence-electron chi connectivity index (χ3n) is 5.04. The van der Waals surface area contributed by atoms with Crippen molar-refractivity contribution >= 4 is 21.4 Å². The molecule has 3 aromatic rings. The van der Waals surface area contributed by atoms with Crippen molar-refractivity contribution in [3.63, 3.8) is 0 Å². The van der Waals surface area contributed by atoms with Crippen LogP contribution in [0.5, 0.6) is 0 Å². The number of primary sulfonamides is 1. The second-order valence-corrected chi connectivity index (χ2v) is 8.20. The summed E-state index contributed by atoms with van der Waals surface area (Å²) in [5.41, 5.74) is 4.24. The van der Waals surface area contributed by atoms with E-state index in [9.17, 15) is 18.5 Å². The van der Waals surface area contributed by atoms with Crippen LogP contribution in [-0.2, 0) is 10.0 Å². The van der Waals surface area contributed by atoms with Gasteiger partial charge in [-0.2, -0.15) is 0 Å². The summed E-state index contributed by atoms with van der Waals surface area (Å²) >= 11 is 0. The molecule has 0 amide bonds. The molecule has 0 bridgehead atoms. The summed E-state index contributed by atoms with van der Waals surface area (Å²) in [5.74, 6) is 0. The highest BCUT2D eigenvalue weighted by Gasteiger charge is 2.34. The van der Waals surface area contributed by atoms with Gasteiger partial charge in [0.05, 0.1) is 15.9 Å². The van der Waals surface area contributed by atoms with Crippen LogP contribution in [0.25, 0.3) is 11.1 Å². The van der Waals surface area contributed by atoms with Crippen molar-refractivity contribution < 1.29 is 13.3 Å². The van der Waals surface area contributed by atoms with Crippen molar-refractivity contribution in [2.24, 2.45) is 5.14 Å². The average molecular weight is 395 g/mol. The monoisotopic (exact) mass is 395 g/mol. The highest BCUT2D eigenvalue weighted by atomic mass is 32.2. The maximum Gasteiger partial charge on any atom is 0.293 e. The molecular formula is C20H17N3O4S. The van der Waals surface area contributed by atoms with Gasteiger partial charge in [-0.25, -0.2) is 13.6 Å². The van der Waals surface area contributed by atoms with Crippen LogP contribution < -0.4 is 10.0 Å². The fraction of sp³-hybridized carbons (Fsp3) is 0.100. The van der Waals surface area contributed by atoms with E-state index in [2.05, 4.69) is 0 Å². The summed E-state index contributed by atoms with van der Waals surface area (Å²) in [7, 11) is -2.27. The van der Waals surface area contributed by atoms with Crippen LogP contribution in [0.2, 0.25) is 0 Å². The van der Waals surface area contributed by atoms with Gasteiger partial charge in [0, 0.05) is 13.1 Å². The highest BCUT2D eigenvalue weighted by molar-refractivity contribution is 7.89. The van der Waals surface area contributed by atoms with E-state index >= 15 is 0 Å². The van der Waals surface area contributed by atoms with E-state index in [4.69, 9.17) is 5.14 Å². The molecule has 0 spiro atoms. The molecule has 4 rings (SSSR count). The molecule has 0 aliphatic heterocycles. The summed E-state index contributed by atoms with van der Waals surface area (Å²) in [6.07, 6.45) is 0. The Morgan fingerprint density at radius 2 is 1.50 bits per heavy atom. The second kappa shape index (κ2) is 6.43. The Morgan fingerprint density at radius 1 is 0.964 bits per heavy atom. The van der Waals surface area contributed by atoms with E-state index in [0.717, 1.165) is 28.3 Å².